The maximum Gasteiger partial charge on any atom is 0.328 e. The molecule has 0 spiro atoms. The Morgan fingerprint density at radius 1 is 1.07 bits per heavy atom. The van der Waals surface area contributed by atoms with Crippen LogP contribution < -0.4 is 26.6 Å². The van der Waals surface area contributed by atoms with Crippen molar-refractivity contribution in [2.75, 3.05) is 12.4 Å². The quantitative estimate of drug-likeness (QED) is 0.242. The molecular weight excluding hydrogens is 551 g/mol. The Morgan fingerprint density at radius 2 is 1.77 bits per heavy atom. The Kier molecular flexibility index (Phi) is 8.61. The SMILES string of the molecule is COc1cc(-c2cccc(-c3cccc(NC(=O)c4c[nH]c(=O)n(C)c4=O)c3C)c2C)cc(F)c1CN[C@@H]1CCC[C@@H]1O. The van der Waals surface area contributed by atoms with E-state index in [0.717, 1.165) is 57.8 Å². The summed E-state index contributed by atoms with van der Waals surface area (Å²) in [5.41, 5.74) is 4.36. The number of amides is 1. The number of carbonyl (C=O) groups is 1. The molecular formula is C33H35FN4O5. The molecule has 5 rings (SSSR count). The highest BCUT2D eigenvalue weighted by Crippen LogP contribution is 2.38. The summed E-state index contributed by atoms with van der Waals surface area (Å²) in [4.78, 5) is 39.5. The van der Waals surface area contributed by atoms with E-state index in [9.17, 15) is 19.5 Å². The maximum absolute atomic E-state index is 15.5. The normalized spacial score (nSPS) is 16.3. The molecule has 1 aliphatic carbocycles. The van der Waals surface area contributed by atoms with E-state index >= 15 is 4.39 Å². The number of nitrogens with zero attached hydrogens (tertiary/aromatic N) is 1. The number of anilines is 1. The molecule has 0 radical (unpaired) electrons. The van der Waals surface area contributed by atoms with E-state index in [2.05, 4.69) is 15.6 Å². The average Bonchev–Trinajstić information content (AvgIpc) is 3.40. The second kappa shape index (κ2) is 12.4. The van der Waals surface area contributed by atoms with Crippen molar-refractivity contribution in [3.8, 4) is 28.0 Å². The van der Waals surface area contributed by atoms with Gasteiger partial charge >= 0.3 is 5.69 Å². The van der Waals surface area contributed by atoms with Gasteiger partial charge in [0.2, 0.25) is 0 Å². The second-order valence-electron chi connectivity index (χ2n) is 10.9. The van der Waals surface area contributed by atoms with Crippen LogP contribution in [-0.4, -0.2) is 39.8 Å². The molecule has 3 aromatic carbocycles. The number of rotatable bonds is 8. The number of methoxy groups -OCH3 is 1. The van der Waals surface area contributed by atoms with Gasteiger partial charge in [0.05, 0.1) is 13.2 Å². The Hall–Kier alpha value is -4.54. The third kappa shape index (κ3) is 5.89. The van der Waals surface area contributed by atoms with Gasteiger partial charge in [0.25, 0.3) is 11.5 Å². The zero-order valence-corrected chi connectivity index (χ0v) is 24.6. The third-order valence-corrected chi connectivity index (χ3v) is 8.34. The number of aliphatic hydroxyl groups is 1. The summed E-state index contributed by atoms with van der Waals surface area (Å²) in [5, 5.41) is 16.2. The van der Waals surface area contributed by atoms with Crippen LogP contribution in [0.4, 0.5) is 10.1 Å². The minimum Gasteiger partial charge on any atom is -0.496 e. The van der Waals surface area contributed by atoms with Gasteiger partial charge in [0, 0.05) is 37.1 Å². The summed E-state index contributed by atoms with van der Waals surface area (Å²) < 4.78 is 21.9. The van der Waals surface area contributed by atoms with Crippen molar-refractivity contribution in [1.29, 1.82) is 0 Å². The maximum atomic E-state index is 15.5. The van der Waals surface area contributed by atoms with Crippen molar-refractivity contribution < 1.29 is 19.0 Å². The minimum absolute atomic E-state index is 0.0615. The lowest BCUT2D eigenvalue weighted by Crippen LogP contribution is -2.37. The standard InChI is InChI=1S/C33H35FN4O5/c1-18-21(20-14-26(34)24(30(15-20)43-4)16-35-28-12-7-13-29(28)39)8-5-9-22(18)23-10-6-11-27(19(23)2)37-31(40)25-17-36-33(42)38(3)32(25)41/h5-6,8-11,14-15,17,28-29,35,39H,7,12-13,16H2,1-4H3,(H,36,42)(H,37,40)/t28-,29+/m1/s1. The van der Waals surface area contributed by atoms with E-state index < -0.39 is 29.1 Å². The zero-order chi connectivity index (χ0) is 30.8. The van der Waals surface area contributed by atoms with Crippen LogP contribution in [0.15, 0.2) is 64.3 Å². The van der Waals surface area contributed by atoms with Gasteiger partial charge in [0.1, 0.15) is 17.1 Å². The Bertz CT molecular complexity index is 1810. The predicted molar refractivity (Wildman–Crippen MR) is 164 cm³/mol. The first-order valence-corrected chi connectivity index (χ1v) is 14.2. The van der Waals surface area contributed by atoms with Crippen molar-refractivity contribution in [3.05, 3.63) is 104 Å². The zero-order valence-electron chi connectivity index (χ0n) is 24.6. The van der Waals surface area contributed by atoms with Crippen molar-refractivity contribution >= 4 is 11.6 Å². The molecule has 1 aliphatic rings. The van der Waals surface area contributed by atoms with Gasteiger partial charge in [-0.3, -0.25) is 14.2 Å². The molecule has 0 bridgehead atoms. The average molecular weight is 587 g/mol. The first-order chi connectivity index (χ1) is 20.6. The molecule has 4 aromatic rings. The van der Waals surface area contributed by atoms with E-state index in [4.69, 9.17) is 4.74 Å². The number of ether oxygens (including phenoxy) is 1. The van der Waals surface area contributed by atoms with Gasteiger partial charge < -0.3 is 25.5 Å². The van der Waals surface area contributed by atoms with E-state index in [1.54, 1.807) is 12.1 Å². The van der Waals surface area contributed by atoms with Crippen molar-refractivity contribution in [1.82, 2.24) is 14.9 Å². The number of aromatic nitrogens is 2. The summed E-state index contributed by atoms with van der Waals surface area (Å²) in [6, 6.07) is 14.5. The fourth-order valence-electron chi connectivity index (χ4n) is 5.75. The molecule has 0 unspecified atom stereocenters. The number of halogens is 1. The largest absolute Gasteiger partial charge is 0.496 e. The minimum atomic E-state index is -0.695. The van der Waals surface area contributed by atoms with Crippen LogP contribution >= 0.6 is 0 Å². The highest BCUT2D eigenvalue weighted by atomic mass is 19.1. The highest BCUT2D eigenvalue weighted by molar-refractivity contribution is 6.04. The van der Waals surface area contributed by atoms with Crippen LogP contribution in [0.2, 0.25) is 0 Å². The van der Waals surface area contributed by atoms with E-state index in [1.807, 2.05) is 44.2 Å². The van der Waals surface area contributed by atoms with Crippen LogP contribution in [0.25, 0.3) is 22.3 Å². The van der Waals surface area contributed by atoms with Gasteiger partial charge in [-0.15, -0.1) is 0 Å². The molecule has 1 aromatic heterocycles. The molecule has 0 aliphatic heterocycles. The fraction of sp³-hybridized carbons (Fsp3) is 0.303. The molecule has 10 heteroatoms. The molecule has 1 saturated carbocycles. The van der Waals surface area contributed by atoms with Gasteiger partial charge in [-0.1, -0.05) is 30.3 Å². The lowest BCUT2D eigenvalue weighted by Gasteiger charge is -2.20. The summed E-state index contributed by atoms with van der Waals surface area (Å²) >= 11 is 0. The van der Waals surface area contributed by atoms with Crippen LogP contribution in [0.1, 0.15) is 46.3 Å². The summed E-state index contributed by atoms with van der Waals surface area (Å²) in [6.45, 7) is 4.08. The number of hydrogen-bond acceptors (Lipinski definition) is 6. The van der Waals surface area contributed by atoms with Gasteiger partial charge in [-0.05, 0) is 84.7 Å². The van der Waals surface area contributed by atoms with Crippen LogP contribution in [0.5, 0.6) is 5.75 Å². The molecule has 1 amide bonds. The number of nitrogens with one attached hydrogen (secondary N) is 3. The highest BCUT2D eigenvalue weighted by Gasteiger charge is 2.25. The molecule has 43 heavy (non-hydrogen) atoms. The monoisotopic (exact) mass is 586 g/mol. The number of hydrogen-bond donors (Lipinski definition) is 4. The number of benzene rings is 3. The smallest absolute Gasteiger partial charge is 0.328 e. The lowest BCUT2D eigenvalue weighted by molar-refractivity contribution is 0.102. The molecule has 1 fully saturated rings. The van der Waals surface area contributed by atoms with Crippen LogP contribution in [-0.2, 0) is 13.6 Å². The first kappa shape index (κ1) is 29.9. The predicted octanol–water partition coefficient (Wildman–Crippen LogP) is 4.43. The molecule has 9 nitrogen and oxygen atoms in total. The molecule has 2 atom stereocenters. The number of carbonyl (C=O) groups excluding carboxylic acids is 1. The van der Waals surface area contributed by atoms with E-state index in [-0.39, 0.29) is 18.2 Å². The molecule has 224 valence electrons. The number of aliphatic hydroxyl groups excluding tert-OH is 1. The fourth-order valence-corrected chi connectivity index (χ4v) is 5.75. The second-order valence-corrected chi connectivity index (χ2v) is 10.9. The topological polar surface area (TPSA) is 125 Å². The van der Waals surface area contributed by atoms with Crippen LogP contribution in [0.3, 0.4) is 0 Å². The number of H-pyrrole nitrogens is 1. The van der Waals surface area contributed by atoms with Gasteiger partial charge in [-0.2, -0.15) is 0 Å². The van der Waals surface area contributed by atoms with Gasteiger partial charge in [0.15, 0.2) is 0 Å². The van der Waals surface area contributed by atoms with Crippen molar-refractivity contribution in [2.45, 2.75) is 51.8 Å². The van der Waals surface area contributed by atoms with E-state index in [0.29, 0.717) is 22.6 Å². The van der Waals surface area contributed by atoms with Crippen molar-refractivity contribution in [3.63, 3.8) is 0 Å². The number of aromatic amines is 1. The van der Waals surface area contributed by atoms with E-state index in [1.165, 1.54) is 20.2 Å². The Labute approximate surface area is 248 Å². The summed E-state index contributed by atoms with van der Waals surface area (Å²) in [6.07, 6.45) is 3.22. The molecule has 0 saturated heterocycles. The summed E-state index contributed by atoms with van der Waals surface area (Å²) in [5.74, 6) is -0.607. The van der Waals surface area contributed by atoms with Crippen molar-refractivity contribution in [2.24, 2.45) is 7.05 Å². The summed E-state index contributed by atoms with van der Waals surface area (Å²) in [7, 11) is 2.81. The Morgan fingerprint density at radius 3 is 2.47 bits per heavy atom. The van der Waals surface area contributed by atoms with Crippen LogP contribution in [0, 0.1) is 19.7 Å². The van der Waals surface area contributed by atoms with Gasteiger partial charge in [-0.25, -0.2) is 9.18 Å². The third-order valence-electron chi connectivity index (χ3n) is 8.34. The molecule has 1 heterocycles. The Balaban J connectivity index is 1.45. The first-order valence-electron chi connectivity index (χ1n) is 14.2. The lowest BCUT2D eigenvalue weighted by atomic mass is 9.90. The molecule has 4 N–H and O–H groups in total.